The second kappa shape index (κ2) is 11.1. The van der Waals surface area contributed by atoms with E-state index in [1.165, 1.54) is 18.3 Å². The molecule has 0 saturated carbocycles. The van der Waals surface area contributed by atoms with Crippen molar-refractivity contribution < 1.29 is 27.0 Å². The van der Waals surface area contributed by atoms with Crippen LogP contribution >= 0.6 is 0 Å². The van der Waals surface area contributed by atoms with Crippen LogP contribution in [-0.4, -0.2) is 39.7 Å². The van der Waals surface area contributed by atoms with Gasteiger partial charge in [-0.15, -0.1) is 0 Å². The predicted octanol–water partition coefficient (Wildman–Crippen LogP) is 5.26. The molecule has 1 N–H and O–H groups in total. The van der Waals surface area contributed by atoms with Gasteiger partial charge in [-0.25, -0.2) is 28.1 Å². The Labute approximate surface area is 231 Å². The van der Waals surface area contributed by atoms with Gasteiger partial charge < -0.3 is 18.6 Å². The third-order valence-corrected chi connectivity index (χ3v) is 7.38. The number of sulfonamides is 1. The summed E-state index contributed by atoms with van der Waals surface area (Å²) >= 11 is 0. The Morgan fingerprint density at radius 3 is 2.33 bits per heavy atom. The van der Waals surface area contributed by atoms with Crippen LogP contribution in [-0.2, 0) is 10.0 Å². The maximum atomic E-state index is 12.9. The number of fused-ring (bicyclic) bond motifs is 1. The van der Waals surface area contributed by atoms with E-state index in [0.717, 1.165) is 10.9 Å². The molecule has 0 aliphatic carbocycles. The molecule has 2 heterocycles. The van der Waals surface area contributed by atoms with Crippen LogP contribution < -0.4 is 24.3 Å². The average Bonchev–Trinajstić information content (AvgIpc) is 2.96. The summed E-state index contributed by atoms with van der Waals surface area (Å²) in [6.45, 7) is 1.75. The molecule has 2 aromatic heterocycles. The highest BCUT2D eigenvalue weighted by atomic mass is 32.2. The van der Waals surface area contributed by atoms with Gasteiger partial charge in [0, 0.05) is 28.9 Å². The summed E-state index contributed by atoms with van der Waals surface area (Å²) in [7, 11) is 0.840. The van der Waals surface area contributed by atoms with Crippen molar-refractivity contribution in [2.75, 3.05) is 26.1 Å². The van der Waals surface area contributed by atoms with Crippen LogP contribution in [0.3, 0.4) is 0 Å². The zero-order valence-electron chi connectivity index (χ0n) is 22.2. The molecule has 11 heteroatoms. The van der Waals surface area contributed by atoms with E-state index < -0.39 is 10.0 Å². The van der Waals surface area contributed by atoms with Crippen molar-refractivity contribution in [1.29, 1.82) is 0 Å². The van der Waals surface area contributed by atoms with E-state index in [4.69, 9.17) is 23.6 Å². The topological polar surface area (TPSA) is 125 Å². The Balaban J connectivity index is 1.57. The van der Waals surface area contributed by atoms with Crippen molar-refractivity contribution in [2.24, 2.45) is 4.99 Å². The first-order valence-corrected chi connectivity index (χ1v) is 13.6. The molecule has 204 valence electrons. The standard InChI is InChI=1S/C29H26N4O6S/c1-18-13-14-30-29(31-18)33-40(34,35)22-9-6-20(7-10-22)32-24-17-27(19-5-11-26(37-3)28(15-19)38-4)39-25-12-8-21(36-2)16-23(24)25/h5-17H,1-4H3,(H,30,31,33). The second-order valence-electron chi connectivity index (χ2n) is 8.66. The van der Waals surface area contributed by atoms with Crippen LogP contribution in [0, 0.1) is 6.92 Å². The lowest BCUT2D eigenvalue weighted by molar-refractivity contribution is 0.355. The van der Waals surface area contributed by atoms with Crippen molar-refractivity contribution in [3.8, 4) is 28.6 Å². The minimum absolute atomic E-state index is 0.00454. The van der Waals surface area contributed by atoms with Gasteiger partial charge in [0.2, 0.25) is 5.95 Å². The van der Waals surface area contributed by atoms with Crippen LogP contribution in [0.15, 0.2) is 93.3 Å². The van der Waals surface area contributed by atoms with Crippen molar-refractivity contribution >= 4 is 32.6 Å². The van der Waals surface area contributed by atoms with Crippen molar-refractivity contribution in [3.05, 3.63) is 90.0 Å². The van der Waals surface area contributed by atoms with E-state index in [-0.39, 0.29) is 10.8 Å². The van der Waals surface area contributed by atoms with E-state index in [1.807, 2.05) is 30.3 Å². The summed E-state index contributed by atoms with van der Waals surface area (Å²) < 4.78 is 50.6. The summed E-state index contributed by atoms with van der Waals surface area (Å²) in [5.74, 6) is 2.36. The van der Waals surface area contributed by atoms with Crippen LogP contribution in [0.25, 0.3) is 22.3 Å². The smallest absolute Gasteiger partial charge is 0.264 e. The molecule has 0 aliphatic rings. The fraction of sp³-hybridized carbons (Fsp3) is 0.138. The number of rotatable bonds is 8. The molecule has 10 nitrogen and oxygen atoms in total. The second-order valence-corrected chi connectivity index (χ2v) is 10.3. The van der Waals surface area contributed by atoms with Gasteiger partial charge in [0.05, 0.1) is 37.3 Å². The van der Waals surface area contributed by atoms with E-state index >= 15 is 0 Å². The lowest BCUT2D eigenvalue weighted by Gasteiger charge is -2.10. The van der Waals surface area contributed by atoms with E-state index in [9.17, 15) is 8.42 Å². The highest BCUT2D eigenvalue weighted by molar-refractivity contribution is 7.92. The lowest BCUT2D eigenvalue weighted by Crippen LogP contribution is -2.15. The molecule has 0 bridgehead atoms. The molecule has 40 heavy (non-hydrogen) atoms. The van der Waals surface area contributed by atoms with Gasteiger partial charge in [0.1, 0.15) is 17.1 Å². The summed E-state index contributed by atoms with van der Waals surface area (Å²) in [6.07, 6.45) is 1.49. The van der Waals surface area contributed by atoms with Gasteiger partial charge >= 0.3 is 0 Å². The van der Waals surface area contributed by atoms with Gasteiger partial charge in [0.25, 0.3) is 10.0 Å². The number of hydrogen-bond donors (Lipinski definition) is 1. The molecule has 0 aliphatic heterocycles. The molecular weight excluding hydrogens is 532 g/mol. The number of aromatic nitrogens is 2. The van der Waals surface area contributed by atoms with Gasteiger partial charge in [0.15, 0.2) is 11.5 Å². The Morgan fingerprint density at radius 2 is 1.62 bits per heavy atom. The van der Waals surface area contributed by atoms with Crippen LogP contribution in [0.2, 0.25) is 0 Å². The first-order valence-electron chi connectivity index (χ1n) is 12.1. The summed E-state index contributed by atoms with van der Waals surface area (Å²) in [6, 6.07) is 20.6. The number of ether oxygens (including phenoxy) is 3. The third kappa shape index (κ3) is 5.59. The largest absolute Gasteiger partial charge is 0.497 e. The molecule has 0 spiro atoms. The maximum absolute atomic E-state index is 12.9. The van der Waals surface area contributed by atoms with Crippen LogP contribution in [0.5, 0.6) is 17.2 Å². The number of methoxy groups -OCH3 is 3. The van der Waals surface area contributed by atoms with Gasteiger partial charge in [-0.3, -0.25) is 0 Å². The SMILES string of the molecule is COc1ccc2oc(-c3ccc(OC)c(OC)c3)cc(=Nc3ccc(S(=O)(=O)Nc4nccc(C)n4)cc3)c2c1. The summed E-state index contributed by atoms with van der Waals surface area (Å²) in [4.78, 5) is 12.9. The highest BCUT2D eigenvalue weighted by Crippen LogP contribution is 2.33. The molecule has 0 radical (unpaired) electrons. The molecular formula is C29H26N4O6S. The van der Waals surface area contributed by atoms with E-state index in [0.29, 0.717) is 45.3 Å². The molecule has 0 amide bonds. The zero-order valence-corrected chi connectivity index (χ0v) is 23.0. The quantitative estimate of drug-likeness (QED) is 0.274. The minimum atomic E-state index is -3.89. The highest BCUT2D eigenvalue weighted by Gasteiger charge is 2.16. The normalized spacial score (nSPS) is 11.8. The van der Waals surface area contributed by atoms with E-state index in [1.54, 1.807) is 58.6 Å². The molecule has 0 saturated heterocycles. The predicted molar refractivity (Wildman–Crippen MR) is 151 cm³/mol. The molecule has 3 aromatic carbocycles. The Kier molecular flexibility index (Phi) is 7.39. The first-order chi connectivity index (χ1) is 19.3. The molecule has 0 fully saturated rings. The van der Waals surface area contributed by atoms with Crippen LogP contribution in [0.1, 0.15) is 5.69 Å². The first kappa shape index (κ1) is 26.7. The number of hydrogen-bond acceptors (Lipinski definition) is 9. The van der Waals surface area contributed by atoms with Gasteiger partial charge in [-0.2, -0.15) is 0 Å². The maximum Gasteiger partial charge on any atom is 0.264 e. The number of nitrogens with one attached hydrogen (secondary N) is 1. The van der Waals surface area contributed by atoms with Gasteiger partial charge in [-0.05, 0) is 73.7 Å². The van der Waals surface area contributed by atoms with Crippen LogP contribution in [0.4, 0.5) is 11.6 Å². The lowest BCUT2D eigenvalue weighted by atomic mass is 10.1. The molecule has 5 rings (SSSR count). The molecule has 0 atom stereocenters. The Hall–Kier alpha value is -4.90. The number of benzene rings is 3. The van der Waals surface area contributed by atoms with Crippen molar-refractivity contribution in [2.45, 2.75) is 11.8 Å². The minimum Gasteiger partial charge on any atom is -0.497 e. The zero-order chi connectivity index (χ0) is 28.3. The monoisotopic (exact) mass is 558 g/mol. The fourth-order valence-corrected chi connectivity index (χ4v) is 4.97. The van der Waals surface area contributed by atoms with Crippen molar-refractivity contribution in [3.63, 3.8) is 0 Å². The number of anilines is 1. The van der Waals surface area contributed by atoms with E-state index in [2.05, 4.69) is 14.7 Å². The molecule has 5 aromatic rings. The van der Waals surface area contributed by atoms with Crippen molar-refractivity contribution in [1.82, 2.24) is 9.97 Å². The van der Waals surface area contributed by atoms with Gasteiger partial charge in [-0.1, -0.05) is 0 Å². The number of nitrogens with zero attached hydrogens (tertiary/aromatic N) is 3. The molecule has 0 unspecified atom stereocenters. The average molecular weight is 559 g/mol. The number of aryl methyl sites for hydroxylation is 1. The summed E-state index contributed by atoms with van der Waals surface area (Å²) in [5, 5.41) is 1.32. The fourth-order valence-electron chi connectivity index (χ4n) is 4.02. The Morgan fingerprint density at radius 1 is 0.850 bits per heavy atom. The third-order valence-electron chi connectivity index (χ3n) is 6.04. The summed E-state index contributed by atoms with van der Waals surface area (Å²) in [5.41, 5.74) is 2.54. The Bertz CT molecular complexity index is 1870.